The minimum Gasteiger partial charge on any atom is -0.491 e. The highest BCUT2D eigenvalue weighted by molar-refractivity contribution is 5.86. The van der Waals surface area contributed by atoms with Crippen LogP contribution in [0.15, 0.2) is 291 Å². The molecule has 728 valence electrons. The van der Waals surface area contributed by atoms with Crippen LogP contribution in [0.5, 0.6) is 0 Å². The van der Waals surface area contributed by atoms with E-state index < -0.39 is 72.2 Å². The largest absolute Gasteiger partial charge is 0.491 e. The van der Waals surface area contributed by atoms with E-state index in [1.54, 1.807) is 26.8 Å². The highest BCUT2D eigenvalue weighted by Crippen LogP contribution is 2.45. The van der Waals surface area contributed by atoms with Crippen LogP contribution in [0, 0.1) is 56.2 Å². The molecule has 12 rings (SSSR count). The number of allylic oxidation sites excluding steroid dienone is 3. The molecule has 1 aliphatic heterocycles. The number of hydrogen-bond donors (Lipinski definition) is 0. The van der Waals surface area contributed by atoms with E-state index in [1.807, 2.05) is 281 Å². The number of anilines is 6. The predicted molar refractivity (Wildman–Crippen MR) is 538 cm³/mol. The second-order valence-corrected chi connectivity index (χ2v) is 34.3. The molecule has 4 atom stereocenters. The first-order valence-corrected chi connectivity index (χ1v) is 47.0. The molecule has 0 bridgehead atoms. The van der Waals surface area contributed by atoms with Crippen molar-refractivity contribution in [2.75, 3.05) is 62.7 Å². The van der Waals surface area contributed by atoms with E-state index in [4.69, 9.17) is 52.1 Å². The predicted octanol–water partition coefficient (Wildman–Crippen LogP) is 24.0. The number of benzene rings is 10. The van der Waals surface area contributed by atoms with Crippen LogP contribution in [0.25, 0.3) is 56.7 Å². The molecule has 0 radical (unpaired) electrons. The molecular weight excluding hydrogens is 1800 g/mol. The number of hydrogen-bond acceptors (Lipinski definition) is 26. The highest BCUT2D eigenvalue weighted by Gasteiger charge is 2.39. The van der Waals surface area contributed by atoms with E-state index >= 15 is 0 Å². The van der Waals surface area contributed by atoms with Crippen LogP contribution < -0.4 is 9.80 Å². The molecule has 1 saturated carbocycles. The summed E-state index contributed by atoms with van der Waals surface area (Å²) < 4.78 is 58.7. The summed E-state index contributed by atoms with van der Waals surface area (Å²) in [5.74, 6) is -4.18. The van der Waals surface area contributed by atoms with Crippen LogP contribution in [0.1, 0.15) is 183 Å². The van der Waals surface area contributed by atoms with Gasteiger partial charge in [0.1, 0.15) is 98.6 Å². The molecule has 1 heterocycles. The van der Waals surface area contributed by atoms with Gasteiger partial charge < -0.3 is 61.9 Å². The van der Waals surface area contributed by atoms with Gasteiger partial charge in [0.05, 0.1) is 76.6 Å². The zero-order chi connectivity index (χ0) is 102. The number of ether oxygens (including phenoxy) is 11. The minimum atomic E-state index is -0.624. The van der Waals surface area contributed by atoms with Gasteiger partial charge in [0, 0.05) is 45.6 Å². The van der Waals surface area contributed by atoms with Gasteiger partial charge in [0.25, 0.3) is 0 Å². The number of esters is 9. The zero-order valence-corrected chi connectivity index (χ0v) is 80.5. The Bertz CT molecular complexity index is 5960. The van der Waals surface area contributed by atoms with Crippen LogP contribution in [-0.2, 0) is 95.3 Å². The van der Waals surface area contributed by atoms with E-state index in [-0.39, 0.29) is 106 Å². The lowest BCUT2D eigenvalue weighted by atomic mass is 9.68. The van der Waals surface area contributed by atoms with Gasteiger partial charge in [-0.05, 0) is 222 Å². The molecular formula is C116H114N6O20. The summed E-state index contributed by atoms with van der Waals surface area (Å²) in [6, 6.07) is 86.3. The Kier molecular flexibility index (Phi) is 39.4. The summed E-state index contributed by atoms with van der Waals surface area (Å²) in [6.07, 6.45) is 7.84. The van der Waals surface area contributed by atoms with Gasteiger partial charge in [-0.15, -0.1) is 0 Å². The first kappa shape index (κ1) is 106. The summed E-state index contributed by atoms with van der Waals surface area (Å²) in [5.41, 5.74) is 17.5. The monoisotopic (exact) mass is 1910 g/mol. The average Bonchev–Trinajstić information content (AvgIpc) is 0.798. The number of carbonyl (C=O) groups excluding carboxylic acids is 9. The molecule has 0 N–H and O–H groups in total. The van der Waals surface area contributed by atoms with Gasteiger partial charge in [-0.3, -0.25) is 38.4 Å². The molecule has 0 aromatic heterocycles. The highest BCUT2D eigenvalue weighted by atomic mass is 16.6. The molecule has 4 unspecified atom stereocenters. The molecule has 1 aliphatic carbocycles. The van der Waals surface area contributed by atoms with Crippen molar-refractivity contribution in [1.29, 1.82) is 21.0 Å². The van der Waals surface area contributed by atoms with Gasteiger partial charge in [-0.1, -0.05) is 210 Å². The van der Waals surface area contributed by atoms with Crippen molar-refractivity contribution >= 4 is 100 Å². The Labute approximate surface area is 828 Å². The first-order chi connectivity index (χ1) is 68.6. The topological polar surface area (TPSA) is 357 Å². The molecule has 26 heteroatoms. The maximum Gasteiger partial charge on any atom is 0.330 e. The fraction of sp³-hybridized carbons (Fsp3) is 0.284. The van der Waals surface area contributed by atoms with Crippen LogP contribution >= 0.6 is 0 Å². The molecule has 10 aromatic carbocycles. The average molecular weight is 1910 g/mol. The van der Waals surface area contributed by atoms with Crippen molar-refractivity contribution in [3.63, 3.8) is 0 Å². The van der Waals surface area contributed by atoms with Crippen LogP contribution in [0.3, 0.4) is 0 Å². The van der Waals surface area contributed by atoms with Gasteiger partial charge in [0.2, 0.25) is 0 Å². The maximum atomic E-state index is 12.6. The Hall–Kier alpha value is -16.6. The van der Waals surface area contributed by atoms with Crippen LogP contribution in [0.2, 0.25) is 0 Å². The van der Waals surface area contributed by atoms with Crippen molar-refractivity contribution in [3.8, 4) is 68.8 Å². The lowest BCUT2D eigenvalue weighted by molar-refractivity contribution is -0.171. The lowest BCUT2D eigenvalue weighted by Crippen LogP contribution is -2.46. The molecule has 1 saturated heterocycles. The van der Waals surface area contributed by atoms with Gasteiger partial charge >= 0.3 is 53.7 Å². The van der Waals surface area contributed by atoms with E-state index in [0.717, 1.165) is 138 Å². The molecule has 26 nitrogen and oxygen atoms in total. The zero-order valence-electron chi connectivity index (χ0n) is 80.5. The van der Waals surface area contributed by atoms with Crippen molar-refractivity contribution in [2.45, 2.75) is 149 Å². The molecule has 2 fully saturated rings. The van der Waals surface area contributed by atoms with Crippen molar-refractivity contribution < 1.29 is 95.3 Å². The molecule has 10 aromatic rings. The second-order valence-electron chi connectivity index (χ2n) is 34.3. The second kappa shape index (κ2) is 52.8. The Morgan fingerprint density at radius 2 is 0.570 bits per heavy atom. The Morgan fingerprint density at radius 3 is 0.803 bits per heavy atom. The summed E-state index contributed by atoms with van der Waals surface area (Å²) in [7, 11) is 0. The van der Waals surface area contributed by atoms with E-state index in [0.29, 0.717) is 37.8 Å². The molecule has 142 heavy (non-hydrogen) atoms. The SMILES string of the molecule is C=CC(=C)OCCOC(=O)CCC(=O)OC(C)c1ccc(-c2ccc(N(c3ccc(C=C(C#N)C#N)cc3)c3ccc(-c4ccc(C(C)OC(=O)CCC(=O)OCCOC(=O)C=C)cc4)cc3)cc2)cc1.CCC1(COC(=O)CCC(=O)OC(C)c2ccc(-c3ccc(N(c4ccc(C=C(C#N)C#N)cc4)c4ccc(-c5ccc(C(C)OC(=O)CCC(=O)OCC6(CC)COC6)cc5)cc4)cc3)cc2)CCC1. The van der Waals surface area contributed by atoms with E-state index in [1.165, 1.54) is 18.6 Å². The molecule has 0 spiro atoms. The fourth-order valence-electron chi connectivity index (χ4n) is 15.5. The maximum absolute atomic E-state index is 12.6. The Balaban J connectivity index is 0.000000271. The van der Waals surface area contributed by atoms with Crippen LogP contribution in [0.4, 0.5) is 34.1 Å². The summed E-state index contributed by atoms with van der Waals surface area (Å²) >= 11 is 0. The Morgan fingerprint density at radius 1 is 0.331 bits per heavy atom. The van der Waals surface area contributed by atoms with Crippen LogP contribution in [-0.4, -0.2) is 107 Å². The summed E-state index contributed by atoms with van der Waals surface area (Å²) in [4.78, 5) is 114. The standard InChI is InChI=1S/C59H61N3O9.C57H53N3O11/c1-5-58(32-7-33-58)39-68-54(63)28-30-56(65)70-41(3)45-10-14-47(15-11-45)49-18-24-52(25-19-49)62(51-22-8-43(9-23-51)34-44(35-60)36-61)53-26-20-50(21-27-53)48-16-12-46(13-17-48)42(4)71-57(66)31-29-55(64)69-40-59(6-2)37-67-38-59;1-6-39(3)66-32-33-68-54(62)28-30-56(64)70-40(4)44-10-14-46(15-11-44)48-18-24-51(25-19-48)60(50-22-8-42(9-23-50)36-43(37-58)38-59)52-26-20-49(21-27-52)47-16-12-45(13-17-47)41(5)71-57(65)31-29-55(63)69-35-34-67-53(61)7-2/h8-27,34,41-42H,5-7,28-33,37-40H2,1-4H3;6-27,36,40-41H,1-3,28-35H2,4-5H3. The quantitative estimate of drug-likeness (QED) is 0.00650. The van der Waals surface area contributed by atoms with Crippen molar-refractivity contribution in [1.82, 2.24) is 0 Å². The molecule has 2 aliphatic rings. The normalized spacial score (nSPS) is 13.0. The van der Waals surface area contributed by atoms with Crippen molar-refractivity contribution in [3.05, 3.63) is 325 Å². The van der Waals surface area contributed by atoms with E-state index in [9.17, 15) is 64.2 Å². The lowest BCUT2D eigenvalue weighted by Gasteiger charge is -2.40. The van der Waals surface area contributed by atoms with Gasteiger partial charge in [-0.25, -0.2) is 4.79 Å². The van der Waals surface area contributed by atoms with E-state index in [2.05, 4.69) is 36.5 Å². The fourth-order valence-corrected chi connectivity index (χ4v) is 15.5. The minimum absolute atomic E-state index is 0.00383. The van der Waals surface area contributed by atoms with Gasteiger partial charge in [0.15, 0.2) is 0 Å². The molecule has 0 amide bonds. The first-order valence-electron chi connectivity index (χ1n) is 47.0. The summed E-state index contributed by atoms with van der Waals surface area (Å²) in [6.45, 7) is 23.5. The number of nitriles is 4. The van der Waals surface area contributed by atoms with Crippen molar-refractivity contribution in [2.24, 2.45) is 10.8 Å². The van der Waals surface area contributed by atoms with Gasteiger partial charge in [-0.2, -0.15) is 21.0 Å². The third kappa shape index (κ3) is 31.2. The number of carbonyl (C=O) groups is 9. The summed E-state index contributed by atoms with van der Waals surface area (Å²) in [5, 5.41) is 37.2. The third-order valence-electron chi connectivity index (χ3n) is 24.6. The number of nitrogens with zero attached hydrogens (tertiary/aromatic N) is 6. The number of rotatable bonds is 47. The smallest absolute Gasteiger partial charge is 0.330 e. The third-order valence-corrected chi connectivity index (χ3v) is 24.6.